The largest absolute Gasteiger partial charge is 0.282 e. The van der Waals surface area contributed by atoms with Crippen molar-refractivity contribution in [1.82, 2.24) is 5.01 Å². The predicted octanol–water partition coefficient (Wildman–Crippen LogP) is 4.62. The Morgan fingerprint density at radius 2 is 1.15 bits per heavy atom. The van der Waals surface area contributed by atoms with Crippen molar-refractivity contribution in [2.75, 3.05) is 0 Å². The van der Waals surface area contributed by atoms with Crippen LogP contribution in [0.2, 0.25) is 0 Å². The number of rotatable bonds is 2. The number of hydrazone groups is 1. The summed E-state index contributed by atoms with van der Waals surface area (Å²) in [4.78, 5) is 25.1. The predicted molar refractivity (Wildman–Crippen MR) is 106 cm³/mol. The summed E-state index contributed by atoms with van der Waals surface area (Å²) >= 11 is 0. The molecule has 1 aliphatic rings. The lowest BCUT2D eigenvalue weighted by molar-refractivity contribution is 0.0660. The molecule has 0 unspecified atom stereocenters. The van der Waals surface area contributed by atoms with E-state index >= 15 is 0 Å². The quantitative estimate of drug-likeness (QED) is 0.301. The zero-order valence-electron chi connectivity index (χ0n) is 14.3. The number of hydrogen-bond acceptors (Lipinski definition) is 3. The van der Waals surface area contributed by atoms with E-state index in [2.05, 4.69) is 11.2 Å². The van der Waals surface area contributed by atoms with Crippen molar-refractivity contribution in [2.24, 2.45) is 5.10 Å². The standard InChI is InChI=1S/C23H14N2O2/c26-22-19-11-5-6-12-20(19)23(27)25(22)24-14-21-17-9-3-1-7-15(17)13-16-8-2-4-10-18(16)21/h1-14H. The molecule has 0 atom stereocenters. The van der Waals surface area contributed by atoms with Crippen molar-refractivity contribution in [3.63, 3.8) is 0 Å². The van der Waals surface area contributed by atoms with Crippen molar-refractivity contribution in [3.05, 3.63) is 95.6 Å². The number of fused-ring (bicyclic) bond motifs is 3. The number of hydrogen-bond donors (Lipinski definition) is 0. The summed E-state index contributed by atoms with van der Waals surface area (Å²) in [5.41, 5.74) is 1.67. The van der Waals surface area contributed by atoms with E-state index in [0.717, 1.165) is 32.1 Å². The van der Waals surface area contributed by atoms with E-state index in [4.69, 9.17) is 0 Å². The van der Waals surface area contributed by atoms with E-state index in [-0.39, 0.29) is 0 Å². The van der Waals surface area contributed by atoms with Gasteiger partial charge in [-0.3, -0.25) is 9.59 Å². The molecule has 0 fully saturated rings. The minimum Gasteiger partial charge on any atom is -0.267 e. The van der Waals surface area contributed by atoms with Crippen LogP contribution in [0.15, 0.2) is 84.0 Å². The molecule has 0 saturated carbocycles. The lowest BCUT2D eigenvalue weighted by Crippen LogP contribution is -2.24. The number of carbonyl (C=O) groups excluding carboxylic acids is 2. The number of carbonyl (C=O) groups is 2. The van der Waals surface area contributed by atoms with Gasteiger partial charge in [-0.15, -0.1) is 0 Å². The van der Waals surface area contributed by atoms with E-state index in [1.165, 1.54) is 0 Å². The lowest BCUT2D eigenvalue weighted by atomic mass is 9.97. The van der Waals surface area contributed by atoms with Gasteiger partial charge in [0, 0.05) is 5.56 Å². The average Bonchev–Trinajstić information content (AvgIpc) is 2.96. The van der Waals surface area contributed by atoms with Gasteiger partial charge in [-0.1, -0.05) is 60.7 Å². The van der Waals surface area contributed by atoms with Gasteiger partial charge in [-0.25, -0.2) is 0 Å². The van der Waals surface area contributed by atoms with Gasteiger partial charge >= 0.3 is 0 Å². The molecule has 4 heteroatoms. The first-order valence-electron chi connectivity index (χ1n) is 8.66. The van der Waals surface area contributed by atoms with E-state index in [9.17, 15) is 9.59 Å². The lowest BCUT2D eigenvalue weighted by Gasteiger charge is -2.10. The van der Waals surface area contributed by atoms with Crippen LogP contribution in [0.1, 0.15) is 26.3 Å². The number of benzene rings is 4. The van der Waals surface area contributed by atoms with E-state index < -0.39 is 11.8 Å². The Hall–Kier alpha value is -3.79. The van der Waals surface area contributed by atoms with E-state index in [1.807, 2.05) is 48.5 Å². The molecule has 4 aromatic carbocycles. The molecule has 1 aliphatic heterocycles. The van der Waals surface area contributed by atoms with Crippen LogP contribution in [0, 0.1) is 0 Å². The summed E-state index contributed by atoms with van der Waals surface area (Å²) in [6.45, 7) is 0. The van der Waals surface area contributed by atoms with Gasteiger partial charge in [0.2, 0.25) is 0 Å². The Labute approximate surface area is 155 Å². The summed E-state index contributed by atoms with van der Waals surface area (Å²) in [7, 11) is 0. The highest BCUT2D eigenvalue weighted by Gasteiger charge is 2.35. The first-order chi connectivity index (χ1) is 13.2. The van der Waals surface area contributed by atoms with Crippen LogP contribution in [0.25, 0.3) is 21.5 Å². The van der Waals surface area contributed by atoms with Gasteiger partial charge in [0.25, 0.3) is 11.8 Å². The number of amides is 2. The molecule has 128 valence electrons. The highest BCUT2D eigenvalue weighted by Crippen LogP contribution is 2.28. The third-order valence-corrected chi connectivity index (χ3v) is 4.89. The molecule has 0 bridgehead atoms. The van der Waals surface area contributed by atoms with Gasteiger partial charge < -0.3 is 0 Å². The first kappa shape index (κ1) is 15.5. The fourth-order valence-corrected chi connectivity index (χ4v) is 3.58. The molecule has 0 spiro atoms. The maximum atomic E-state index is 12.5. The Bertz CT molecular complexity index is 1180. The monoisotopic (exact) mass is 350 g/mol. The molecule has 1 heterocycles. The molecule has 0 aromatic heterocycles. The van der Waals surface area contributed by atoms with Crippen molar-refractivity contribution in [2.45, 2.75) is 0 Å². The summed E-state index contributed by atoms with van der Waals surface area (Å²) in [6.07, 6.45) is 1.62. The van der Waals surface area contributed by atoms with Crippen LogP contribution < -0.4 is 0 Å². The Morgan fingerprint density at radius 1 is 0.667 bits per heavy atom. The molecular weight excluding hydrogens is 336 g/mol. The molecule has 0 saturated heterocycles. The molecule has 2 amide bonds. The molecule has 4 nitrogen and oxygen atoms in total. The average molecular weight is 350 g/mol. The van der Waals surface area contributed by atoms with E-state index in [1.54, 1.807) is 30.5 Å². The van der Waals surface area contributed by atoms with Crippen molar-refractivity contribution < 1.29 is 9.59 Å². The van der Waals surface area contributed by atoms with Crippen LogP contribution in [-0.4, -0.2) is 23.0 Å². The molecule has 27 heavy (non-hydrogen) atoms. The van der Waals surface area contributed by atoms with Gasteiger partial charge in [-0.05, 0) is 39.7 Å². The molecule has 5 rings (SSSR count). The summed E-state index contributed by atoms with van der Waals surface area (Å²) in [6, 6.07) is 25.0. The maximum absolute atomic E-state index is 12.5. The highest BCUT2D eigenvalue weighted by atomic mass is 16.2. The smallest absolute Gasteiger partial charge is 0.267 e. The fraction of sp³-hybridized carbons (Fsp3) is 0. The van der Waals surface area contributed by atoms with E-state index in [0.29, 0.717) is 11.1 Å². The van der Waals surface area contributed by atoms with Gasteiger partial charge in [0.15, 0.2) is 0 Å². The molecule has 4 aromatic rings. The SMILES string of the molecule is O=C1c2ccccc2C(=O)N1N=Cc1c2ccccc2cc2ccccc12. The van der Waals surface area contributed by atoms with Crippen molar-refractivity contribution in [1.29, 1.82) is 0 Å². The minimum atomic E-state index is -0.392. The number of nitrogens with zero attached hydrogens (tertiary/aromatic N) is 2. The van der Waals surface area contributed by atoms with Crippen LogP contribution in [0.3, 0.4) is 0 Å². The Morgan fingerprint density at radius 3 is 1.70 bits per heavy atom. The third-order valence-electron chi connectivity index (χ3n) is 4.89. The molecule has 0 aliphatic carbocycles. The highest BCUT2D eigenvalue weighted by molar-refractivity contribution is 6.22. The second kappa shape index (κ2) is 5.88. The number of imide groups is 1. The van der Waals surface area contributed by atoms with Crippen molar-refractivity contribution in [3.8, 4) is 0 Å². The normalized spacial score (nSPS) is 13.9. The zero-order valence-corrected chi connectivity index (χ0v) is 14.3. The van der Waals surface area contributed by atoms with Gasteiger partial charge in [0.05, 0.1) is 17.3 Å². The topological polar surface area (TPSA) is 49.7 Å². The fourth-order valence-electron chi connectivity index (χ4n) is 3.58. The summed E-state index contributed by atoms with van der Waals surface area (Å²) in [5, 5.41) is 9.44. The maximum Gasteiger partial charge on any atom is 0.282 e. The van der Waals surface area contributed by atoms with Gasteiger partial charge in [0.1, 0.15) is 0 Å². The zero-order chi connectivity index (χ0) is 18.4. The Kier molecular flexibility index (Phi) is 3.37. The molecule has 0 radical (unpaired) electrons. The second-order valence-corrected chi connectivity index (χ2v) is 6.44. The van der Waals surface area contributed by atoms with Crippen LogP contribution in [0.4, 0.5) is 0 Å². The molecular formula is C23H14N2O2. The third kappa shape index (κ3) is 2.34. The molecule has 0 N–H and O–H groups in total. The second-order valence-electron chi connectivity index (χ2n) is 6.44. The minimum absolute atomic E-state index is 0.391. The van der Waals surface area contributed by atoms with Crippen LogP contribution >= 0.6 is 0 Å². The van der Waals surface area contributed by atoms with Gasteiger partial charge in [-0.2, -0.15) is 10.1 Å². The summed E-state index contributed by atoms with van der Waals surface area (Å²) < 4.78 is 0. The van der Waals surface area contributed by atoms with Crippen LogP contribution in [-0.2, 0) is 0 Å². The van der Waals surface area contributed by atoms with Crippen molar-refractivity contribution >= 4 is 39.6 Å². The summed E-state index contributed by atoms with van der Waals surface area (Å²) in [5.74, 6) is -0.784. The Balaban J connectivity index is 1.66. The van der Waals surface area contributed by atoms with Crippen LogP contribution in [0.5, 0.6) is 0 Å². The first-order valence-corrected chi connectivity index (χ1v) is 8.66.